The lowest BCUT2D eigenvalue weighted by Crippen LogP contribution is -2.31. The summed E-state index contributed by atoms with van der Waals surface area (Å²) >= 11 is 0. The molecule has 1 heterocycles. The van der Waals surface area contributed by atoms with Crippen molar-refractivity contribution in [1.82, 2.24) is 14.9 Å². The molecule has 1 aromatic heterocycles. The molecule has 0 radical (unpaired) electrons. The maximum Gasteiger partial charge on any atom is 0.189 e. The van der Waals surface area contributed by atoms with Crippen molar-refractivity contribution < 1.29 is 0 Å². The Kier molecular flexibility index (Phi) is 3.41. The summed E-state index contributed by atoms with van der Waals surface area (Å²) < 4.78 is 2.31. The van der Waals surface area contributed by atoms with Crippen LogP contribution >= 0.6 is 0 Å². The fraction of sp³-hybridized carbons (Fsp3) is 0.333. The van der Waals surface area contributed by atoms with Gasteiger partial charge in [-0.2, -0.15) is 0 Å². The van der Waals surface area contributed by atoms with Crippen LogP contribution in [0.25, 0.3) is 11.0 Å². The lowest BCUT2D eigenvalue weighted by Gasteiger charge is -2.06. The Morgan fingerprint density at radius 1 is 1.50 bits per heavy atom. The molecule has 0 unspecified atom stereocenters. The fourth-order valence-corrected chi connectivity index (χ4v) is 2.33. The van der Waals surface area contributed by atoms with Crippen molar-refractivity contribution in [3.05, 3.63) is 42.7 Å². The number of fused-ring (bicyclic) bond motifs is 1. The standard InChI is InChI=1S/C15H19N5/c1-2-9-17-15(16)18-10-14-19-12-5-3-4-6-13(12)20(14)11-7-8-11/h2-6,11H,1,7-10H2,(H3,16,17,18). The molecular weight excluding hydrogens is 250 g/mol. The summed E-state index contributed by atoms with van der Waals surface area (Å²) in [5, 5.41) is 2.97. The number of nitrogens with two attached hydrogens (primary N) is 1. The molecule has 1 saturated carbocycles. The van der Waals surface area contributed by atoms with Gasteiger partial charge in [0.2, 0.25) is 0 Å². The second-order valence-corrected chi connectivity index (χ2v) is 4.99. The highest BCUT2D eigenvalue weighted by Crippen LogP contribution is 2.38. The van der Waals surface area contributed by atoms with E-state index in [-0.39, 0.29) is 0 Å². The van der Waals surface area contributed by atoms with Crippen LogP contribution in [0.2, 0.25) is 0 Å². The SMILES string of the molecule is C=CCNC(N)=NCc1nc2ccccc2n1C1CC1. The highest BCUT2D eigenvalue weighted by molar-refractivity contribution is 5.78. The monoisotopic (exact) mass is 269 g/mol. The normalized spacial score (nSPS) is 15.5. The highest BCUT2D eigenvalue weighted by Gasteiger charge is 2.27. The van der Waals surface area contributed by atoms with E-state index in [0.29, 0.717) is 25.1 Å². The largest absolute Gasteiger partial charge is 0.370 e. The van der Waals surface area contributed by atoms with Crippen molar-refractivity contribution in [2.45, 2.75) is 25.4 Å². The fourth-order valence-electron chi connectivity index (χ4n) is 2.33. The van der Waals surface area contributed by atoms with Gasteiger partial charge in [-0.15, -0.1) is 6.58 Å². The Morgan fingerprint density at radius 2 is 2.30 bits per heavy atom. The van der Waals surface area contributed by atoms with E-state index in [2.05, 4.69) is 38.6 Å². The van der Waals surface area contributed by atoms with Crippen LogP contribution < -0.4 is 11.1 Å². The minimum Gasteiger partial charge on any atom is -0.370 e. The van der Waals surface area contributed by atoms with Crippen LogP contribution in [0, 0.1) is 0 Å². The zero-order valence-electron chi connectivity index (χ0n) is 11.4. The first-order chi connectivity index (χ1) is 9.79. The van der Waals surface area contributed by atoms with E-state index >= 15 is 0 Å². The summed E-state index contributed by atoms with van der Waals surface area (Å²) in [5.74, 6) is 1.41. The van der Waals surface area contributed by atoms with E-state index in [1.807, 2.05) is 12.1 Å². The predicted molar refractivity (Wildman–Crippen MR) is 81.5 cm³/mol. The average molecular weight is 269 g/mol. The Balaban J connectivity index is 1.87. The number of benzene rings is 1. The van der Waals surface area contributed by atoms with Gasteiger partial charge in [0.15, 0.2) is 5.96 Å². The number of aromatic nitrogens is 2. The zero-order valence-corrected chi connectivity index (χ0v) is 11.4. The first-order valence-electron chi connectivity index (χ1n) is 6.90. The summed E-state index contributed by atoms with van der Waals surface area (Å²) in [6.45, 7) is 4.76. The Labute approximate surface area is 118 Å². The molecule has 2 aromatic rings. The van der Waals surface area contributed by atoms with Gasteiger partial charge >= 0.3 is 0 Å². The quantitative estimate of drug-likeness (QED) is 0.495. The van der Waals surface area contributed by atoms with Gasteiger partial charge < -0.3 is 15.6 Å². The van der Waals surface area contributed by atoms with Crippen LogP contribution in [0.3, 0.4) is 0 Å². The summed E-state index contributed by atoms with van der Waals surface area (Å²) in [6.07, 6.45) is 4.20. The van der Waals surface area contributed by atoms with Crippen molar-refractivity contribution in [1.29, 1.82) is 0 Å². The van der Waals surface area contributed by atoms with Crippen LogP contribution in [-0.4, -0.2) is 22.1 Å². The lowest BCUT2D eigenvalue weighted by molar-refractivity contribution is 0.700. The maximum absolute atomic E-state index is 5.80. The molecule has 5 nitrogen and oxygen atoms in total. The maximum atomic E-state index is 5.80. The van der Waals surface area contributed by atoms with Gasteiger partial charge in [-0.1, -0.05) is 18.2 Å². The van der Waals surface area contributed by atoms with Crippen molar-refractivity contribution in [2.24, 2.45) is 10.7 Å². The molecule has 3 rings (SSSR count). The van der Waals surface area contributed by atoms with E-state index in [1.165, 1.54) is 18.4 Å². The molecule has 1 fully saturated rings. The zero-order chi connectivity index (χ0) is 13.9. The molecule has 3 N–H and O–H groups in total. The molecule has 0 amide bonds. The van der Waals surface area contributed by atoms with Gasteiger partial charge in [0.1, 0.15) is 12.4 Å². The molecule has 1 aliphatic rings. The lowest BCUT2D eigenvalue weighted by atomic mass is 10.3. The average Bonchev–Trinajstić information content (AvgIpc) is 3.23. The van der Waals surface area contributed by atoms with Crippen molar-refractivity contribution in [3.8, 4) is 0 Å². The summed E-state index contributed by atoms with van der Waals surface area (Å²) in [4.78, 5) is 9.03. The first-order valence-corrected chi connectivity index (χ1v) is 6.90. The minimum atomic E-state index is 0.430. The summed E-state index contributed by atoms with van der Waals surface area (Å²) in [5.41, 5.74) is 8.02. The Morgan fingerprint density at radius 3 is 3.05 bits per heavy atom. The third-order valence-electron chi connectivity index (χ3n) is 3.40. The number of rotatable bonds is 5. The van der Waals surface area contributed by atoms with Crippen molar-refractivity contribution >= 4 is 17.0 Å². The van der Waals surface area contributed by atoms with Crippen LogP contribution in [-0.2, 0) is 6.54 Å². The van der Waals surface area contributed by atoms with Crippen LogP contribution in [0.15, 0.2) is 41.9 Å². The topological polar surface area (TPSA) is 68.2 Å². The summed E-state index contributed by atoms with van der Waals surface area (Å²) in [6, 6.07) is 8.80. The predicted octanol–water partition coefficient (Wildman–Crippen LogP) is 1.96. The van der Waals surface area contributed by atoms with Gasteiger partial charge in [-0.3, -0.25) is 0 Å². The van der Waals surface area contributed by atoms with Crippen LogP contribution in [0.5, 0.6) is 0 Å². The minimum absolute atomic E-state index is 0.430. The smallest absolute Gasteiger partial charge is 0.189 e. The second-order valence-electron chi connectivity index (χ2n) is 4.99. The molecule has 20 heavy (non-hydrogen) atoms. The van der Waals surface area contributed by atoms with Crippen molar-refractivity contribution in [2.75, 3.05) is 6.54 Å². The number of para-hydroxylation sites is 2. The molecule has 0 spiro atoms. The number of nitrogens with zero attached hydrogens (tertiary/aromatic N) is 3. The van der Waals surface area contributed by atoms with E-state index < -0.39 is 0 Å². The molecule has 1 aromatic carbocycles. The molecule has 5 heteroatoms. The van der Waals surface area contributed by atoms with Crippen LogP contribution in [0.4, 0.5) is 0 Å². The van der Waals surface area contributed by atoms with E-state index in [0.717, 1.165) is 11.3 Å². The molecule has 1 aliphatic carbocycles. The molecule has 0 aliphatic heterocycles. The third kappa shape index (κ3) is 2.52. The number of aliphatic imine (C=N–C) groups is 1. The van der Waals surface area contributed by atoms with Crippen LogP contribution in [0.1, 0.15) is 24.7 Å². The number of nitrogens with one attached hydrogen (secondary N) is 1. The second kappa shape index (κ2) is 5.36. The van der Waals surface area contributed by atoms with Gasteiger partial charge in [0, 0.05) is 12.6 Å². The van der Waals surface area contributed by atoms with Gasteiger partial charge in [0.05, 0.1) is 11.0 Å². The molecule has 0 bridgehead atoms. The number of hydrogen-bond acceptors (Lipinski definition) is 2. The van der Waals surface area contributed by atoms with Gasteiger partial charge in [-0.25, -0.2) is 9.98 Å². The molecule has 104 valence electrons. The number of hydrogen-bond donors (Lipinski definition) is 2. The van der Waals surface area contributed by atoms with Crippen molar-refractivity contribution in [3.63, 3.8) is 0 Å². The number of imidazole rings is 1. The number of guanidine groups is 1. The molecular formula is C15H19N5. The van der Waals surface area contributed by atoms with E-state index in [4.69, 9.17) is 5.73 Å². The Hall–Kier alpha value is -2.30. The third-order valence-corrected chi connectivity index (χ3v) is 3.40. The summed E-state index contributed by atoms with van der Waals surface area (Å²) in [7, 11) is 0. The molecule has 0 saturated heterocycles. The highest BCUT2D eigenvalue weighted by atomic mass is 15.2. The van der Waals surface area contributed by atoms with Gasteiger partial charge in [-0.05, 0) is 25.0 Å². The first kappa shape index (κ1) is 12.7. The Bertz CT molecular complexity index is 651. The van der Waals surface area contributed by atoms with Gasteiger partial charge in [0.25, 0.3) is 0 Å². The molecule has 0 atom stereocenters. The van der Waals surface area contributed by atoms with E-state index in [1.54, 1.807) is 6.08 Å². The van der Waals surface area contributed by atoms with E-state index in [9.17, 15) is 0 Å².